The molecule has 2 aromatic carbocycles. The van der Waals surface area contributed by atoms with Gasteiger partial charge in [-0.15, -0.1) is 0 Å². The molecule has 1 aromatic heterocycles. The second-order valence-corrected chi connectivity index (χ2v) is 12.1. The fourth-order valence-electron chi connectivity index (χ4n) is 4.36. The predicted octanol–water partition coefficient (Wildman–Crippen LogP) is 4.22. The lowest BCUT2D eigenvalue weighted by molar-refractivity contribution is 0.0978. The highest BCUT2D eigenvalue weighted by atomic mass is 32.2. The Morgan fingerprint density at radius 2 is 1.86 bits per heavy atom. The quantitative estimate of drug-likeness (QED) is 0.357. The van der Waals surface area contributed by atoms with Crippen LogP contribution >= 0.6 is 11.3 Å². The van der Waals surface area contributed by atoms with Crippen molar-refractivity contribution in [2.24, 2.45) is 0 Å². The van der Waals surface area contributed by atoms with Crippen LogP contribution in [0, 0.1) is 5.82 Å². The van der Waals surface area contributed by atoms with E-state index in [1.807, 2.05) is 0 Å². The predicted molar refractivity (Wildman–Crippen MR) is 144 cm³/mol. The maximum atomic E-state index is 14.3. The van der Waals surface area contributed by atoms with Gasteiger partial charge in [-0.3, -0.25) is 9.69 Å². The Labute approximate surface area is 221 Å². The molecule has 8 nitrogen and oxygen atoms in total. The number of carbonyl (C=O) groups is 1. The third-order valence-electron chi connectivity index (χ3n) is 6.66. The number of thiazole rings is 1. The summed E-state index contributed by atoms with van der Waals surface area (Å²) in [5.74, 6) is -0.749. The van der Waals surface area contributed by atoms with E-state index in [1.165, 1.54) is 53.0 Å². The van der Waals surface area contributed by atoms with Gasteiger partial charge in [-0.05, 0) is 62.3 Å². The number of hydrogen-bond acceptors (Lipinski definition) is 7. The molecule has 0 radical (unpaired) electrons. The summed E-state index contributed by atoms with van der Waals surface area (Å²) >= 11 is 1.26. The van der Waals surface area contributed by atoms with E-state index < -0.39 is 15.8 Å². The Morgan fingerprint density at radius 1 is 1.14 bits per heavy atom. The minimum atomic E-state index is -3.72. The van der Waals surface area contributed by atoms with Gasteiger partial charge in [0.2, 0.25) is 10.0 Å². The van der Waals surface area contributed by atoms with Crippen LogP contribution in [0.15, 0.2) is 47.4 Å². The van der Waals surface area contributed by atoms with Gasteiger partial charge in [-0.25, -0.2) is 17.8 Å². The van der Waals surface area contributed by atoms with E-state index >= 15 is 0 Å². The first kappa shape index (κ1) is 27.6. The van der Waals surface area contributed by atoms with Gasteiger partial charge in [0.25, 0.3) is 5.91 Å². The molecular formula is C26H33FN4O4S2. The number of carbonyl (C=O) groups excluding carboxylic acids is 1. The summed E-state index contributed by atoms with van der Waals surface area (Å²) in [5, 5.41) is 0.408. The normalized spacial score (nSPS) is 16.2. The number of benzene rings is 2. The number of nitrogens with zero attached hydrogens (tertiary/aromatic N) is 4. The molecule has 0 saturated carbocycles. The SMILES string of the molecule is CCN(CC)CCN(C(=O)c1ccc(S(=O)(=O)N(C)CC2CCCO2)cc1)c1nc2c(F)cccc2s1. The van der Waals surface area contributed by atoms with E-state index in [0.717, 1.165) is 25.9 Å². The second-order valence-electron chi connectivity index (χ2n) is 9.01. The number of ether oxygens (including phenoxy) is 1. The summed E-state index contributed by atoms with van der Waals surface area (Å²) in [4.78, 5) is 21.9. The lowest BCUT2D eigenvalue weighted by atomic mass is 10.2. The van der Waals surface area contributed by atoms with Crippen LogP contribution in [0.25, 0.3) is 10.2 Å². The van der Waals surface area contributed by atoms with E-state index in [1.54, 1.807) is 17.0 Å². The lowest BCUT2D eigenvalue weighted by Crippen LogP contribution is -2.39. The molecule has 3 aromatic rings. The maximum Gasteiger partial charge on any atom is 0.260 e. The van der Waals surface area contributed by atoms with Crippen molar-refractivity contribution in [1.82, 2.24) is 14.2 Å². The van der Waals surface area contributed by atoms with Crippen molar-refractivity contribution in [3.8, 4) is 0 Å². The summed E-state index contributed by atoms with van der Waals surface area (Å²) in [6.45, 7) is 7.70. The van der Waals surface area contributed by atoms with Crippen LogP contribution in [-0.4, -0.2) is 81.0 Å². The van der Waals surface area contributed by atoms with Gasteiger partial charge in [-0.1, -0.05) is 31.3 Å². The molecule has 1 aliphatic heterocycles. The molecule has 1 unspecified atom stereocenters. The smallest absolute Gasteiger partial charge is 0.260 e. The molecule has 37 heavy (non-hydrogen) atoms. The first-order valence-corrected chi connectivity index (χ1v) is 14.8. The Kier molecular flexibility index (Phi) is 8.91. The minimum Gasteiger partial charge on any atom is -0.377 e. The van der Waals surface area contributed by atoms with Crippen LogP contribution in [0.4, 0.5) is 9.52 Å². The standard InChI is InChI=1S/C26H33FN4O4S2/c1-4-30(5-2)15-16-31(26-28-24-22(27)9-6-10-23(24)36-26)25(32)19-11-13-21(14-12-19)37(33,34)29(3)18-20-8-7-17-35-20/h6,9-14,20H,4-5,7-8,15-18H2,1-3H3. The molecule has 0 spiro atoms. The lowest BCUT2D eigenvalue weighted by Gasteiger charge is -2.25. The minimum absolute atomic E-state index is 0.0985. The van der Waals surface area contributed by atoms with E-state index in [0.29, 0.717) is 35.1 Å². The molecular weight excluding hydrogens is 515 g/mol. The van der Waals surface area contributed by atoms with Crippen molar-refractivity contribution in [3.05, 3.63) is 53.8 Å². The Morgan fingerprint density at radius 3 is 2.49 bits per heavy atom. The largest absolute Gasteiger partial charge is 0.377 e. The number of para-hydroxylation sites is 1. The number of rotatable bonds is 11. The molecule has 1 aliphatic rings. The topological polar surface area (TPSA) is 83.1 Å². The van der Waals surface area contributed by atoms with E-state index in [-0.39, 0.29) is 29.0 Å². The molecule has 1 amide bonds. The number of amides is 1. The second kappa shape index (κ2) is 12.0. The van der Waals surface area contributed by atoms with Gasteiger partial charge in [0, 0.05) is 38.9 Å². The van der Waals surface area contributed by atoms with Gasteiger partial charge in [0.05, 0.1) is 15.7 Å². The van der Waals surface area contributed by atoms with Crippen LogP contribution in [0.2, 0.25) is 0 Å². The highest BCUT2D eigenvalue weighted by Crippen LogP contribution is 2.31. The molecule has 4 rings (SSSR count). The van der Waals surface area contributed by atoms with Gasteiger partial charge in [0.1, 0.15) is 11.3 Å². The van der Waals surface area contributed by atoms with Gasteiger partial charge in [0.15, 0.2) is 5.13 Å². The fraction of sp³-hybridized carbons (Fsp3) is 0.462. The van der Waals surface area contributed by atoms with Crippen molar-refractivity contribution >= 4 is 42.6 Å². The number of hydrogen-bond donors (Lipinski definition) is 0. The van der Waals surface area contributed by atoms with Gasteiger partial charge in [-0.2, -0.15) is 4.31 Å². The zero-order chi connectivity index (χ0) is 26.6. The van der Waals surface area contributed by atoms with E-state index in [9.17, 15) is 17.6 Å². The van der Waals surface area contributed by atoms with Crippen molar-refractivity contribution in [3.63, 3.8) is 0 Å². The third kappa shape index (κ3) is 6.18. The number of sulfonamides is 1. The van der Waals surface area contributed by atoms with Crippen LogP contribution in [0.1, 0.15) is 37.0 Å². The zero-order valence-corrected chi connectivity index (χ0v) is 23.0. The zero-order valence-electron chi connectivity index (χ0n) is 21.4. The number of aromatic nitrogens is 1. The molecule has 0 bridgehead atoms. The Hall–Kier alpha value is -2.44. The van der Waals surface area contributed by atoms with E-state index in [2.05, 4.69) is 23.7 Å². The average Bonchev–Trinajstić information content (AvgIpc) is 3.57. The summed E-state index contributed by atoms with van der Waals surface area (Å²) in [6, 6.07) is 10.7. The molecule has 2 heterocycles. The van der Waals surface area contributed by atoms with Crippen molar-refractivity contribution in [2.75, 3.05) is 51.3 Å². The van der Waals surface area contributed by atoms with Crippen LogP contribution in [0.3, 0.4) is 0 Å². The highest BCUT2D eigenvalue weighted by molar-refractivity contribution is 7.89. The monoisotopic (exact) mass is 548 g/mol. The summed E-state index contributed by atoms with van der Waals surface area (Å²) in [5.41, 5.74) is 0.568. The molecule has 0 N–H and O–H groups in total. The van der Waals surface area contributed by atoms with Gasteiger partial charge >= 0.3 is 0 Å². The van der Waals surface area contributed by atoms with Crippen LogP contribution in [-0.2, 0) is 14.8 Å². The highest BCUT2D eigenvalue weighted by Gasteiger charge is 2.27. The molecule has 1 fully saturated rings. The molecule has 0 aliphatic carbocycles. The number of anilines is 1. The molecule has 200 valence electrons. The van der Waals surface area contributed by atoms with Crippen molar-refractivity contribution < 1.29 is 22.3 Å². The van der Waals surface area contributed by atoms with Gasteiger partial charge < -0.3 is 9.64 Å². The first-order chi connectivity index (χ1) is 17.7. The summed E-state index contributed by atoms with van der Waals surface area (Å²) < 4.78 is 48.0. The number of fused-ring (bicyclic) bond motifs is 1. The maximum absolute atomic E-state index is 14.3. The summed E-state index contributed by atoms with van der Waals surface area (Å²) in [6.07, 6.45) is 1.67. The third-order valence-corrected chi connectivity index (χ3v) is 9.54. The summed E-state index contributed by atoms with van der Waals surface area (Å²) in [7, 11) is -2.18. The molecule has 1 atom stereocenters. The van der Waals surface area contributed by atoms with Crippen molar-refractivity contribution in [2.45, 2.75) is 37.7 Å². The molecule has 1 saturated heterocycles. The fourth-order valence-corrected chi connectivity index (χ4v) is 6.57. The van der Waals surface area contributed by atoms with Crippen LogP contribution in [0.5, 0.6) is 0 Å². The van der Waals surface area contributed by atoms with Crippen molar-refractivity contribution in [1.29, 1.82) is 0 Å². The average molecular weight is 549 g/mol. The molecule has 11 heteroatoms. The number of likely N-dealkylation sites (N-methyl/N-ethyl adjacent to an activating group) is 2. The number of halogens is 1. The van der Waals surface area contributed by atoms with Crippen LogP contribution < -0.4 is 4.90 Å². The van der Waals surface area contributed by atoms with E-state index in [4.69, 9.17) is 4.74 Å². The Bertz CT molecular complexity index is 1320. The Balaban J connectivity index is 1.58. The first-order valence-electron chi connectivity index (χ1n) is 12.5.